The van der Waals surface area contributed by atoms with Crippen molar-refractivity contribution in [2.75, 3.05) is 24.5 Å². The second-order valence-corrected chi connectivity index (χ2v) is 27.7. The molecule has 0 spiro atoms. The summed E-state index contributed by atoms with van der Waals surface area (Å²) in [7, 11) is 0. The molecule has 9 nitrogen and oxygen atoms in total. The molecule has 0 fully saturated rings. The highest BCUT2D eigenvalue weighted by Crippen LogP contribution is 2.52. The van der Waals surface area contributed by atoms with Crippen LogP contribution in [0.1, 0.15) is 0 Å². The SMILES string of the molecule is c1ccc(N(c2ccccc2)c2cc3c4c(c2)N(c2ccccc2)c2cc5c(cc2B4c2ccccc2O3)B2c3ccccc3N3c4ccccc4B4c6cc7c(cc6Oc6cc(c2c3c64)O5)N(c2ccccc2)c2cc(N(c3ccccc3)c3ccccc3)cc3c2B7c2ccccc2O3)cc1. The summed E-state index contributed by atoms with van der Waals surface area (Å²) in [6.45, 7) is -0.834. The van der Waals surface area contributed by atoms with Gasteiger partial charge in [-0.3, -0.25) is 0 Å². The first kappa shape index (κ1) is 56.6. The fourth-order valence-corrected chi connectivity index (χ4v) is 18.3. The number of ether oxygens (including phenoxy) is 4. The van der Waals surface area contributed by atoms with Crippen LogP contribution in [0.2, 0.25) is 0 Å². The Bertz CT molecular complexity index is 5650. The number of fused-ring (bicyclic) bond motifs is 18. The van der Waals surface area contributed by atoms with E-state index in [0.717, 1.165) is 175 Å². The number of rotatable bonds is 8. The molecule has 15 aromatic rings. The average Bonchev–Trinajstić information content (AvgIpc) is 0.676. The highest BCUT2D eigenvalue weighted by Gasteiger charge is 2.53. The zero-order valence-corrected chi connectivity index (χ0v) is 55.4. The number of hydrogen-bond acceptors (Lipinski definition) is 9. The number of hydrogen-bond donors (Lipinski definition) is 0. The number of benzene rings is 15. The predicted octanol–water partition coefficient (Wildman–Crippen LogP) is 14.8. The van der Waals surface area contributed by atoms with E-state index in [0.29, 0.717) is 0 Å². The average molecular weight is 1310 g/mol. The Morgan fingerprint density at radius 2 is 0.515 bits per heavy atom. The van der Waals surface area contributed by atoms with Crippen LogP contribution in [-0.4, -0.2) is 26.9 Å². The van der Waals surface area contributed by atoms with Gasteiger partial charge in [0, 0.05) is 104 Å². The van der Waals surface area contributed by atoms with Gasteiger partial charge in [-0.15, -0.1) is 0 Å². The zero-order valence-electron chi connectivity index (χ0n) is 55.4. The maximum absolute atomic E-state index is 7.77. The summed E-state index contributed by atoms with van der Waals surface area (Å²) < 4.78 is 30.0. The molecule has 0 atom stereocenters. The molecule has 23 rings (SSSR count). The van der Waals surface area contributed by atoms with Crippen LogP contribution in [-0.2, 0) is 0 Å². The summed E-state index contributed by atoms with van der Waals surface area (Å²) >= 11 is 0. The van der Waals surface area contributed by atoms with Crippen molar-refractivity contribution in [3.8, 4) is 46.0 Å². The van der Waals surface area contributed by atoms with Crippen molar-refractivity contribution in [3.63, 3.8) is 0 Å². The standard InChI is InChI=1S/C90H55B4N5O4/c1-7-27-56(28-8-1)95(57-29-9-2-10-30-57)62-47-76-86-82(49-62)100-78-45-25-21-41-66(78)93(86)68-51-70-80(53-74(68)97(76)60-35-15-5-16-36-60)102-84-55-85-89-90-88(84)91(70)64-39-19-23-43-72(64)99(90)73-44-24-20-40-65(73)92(89)71-52-69-75(54-81(71)103-85)98(61-37-17-6-18-38-61)77-48-63(50-83-87(77)94(69)67-42-22-26-46-79(67)101-83)96(58-31-11-3-12-32-58)59-33-13-4-14-34-59/h1-55H. The molecule has 0 bridgehead atoms. The molecule has 0 aromatic heterocycles. The Morgan fingerprint density at radius 1 is 0.194 bits per heavy atom. The van der Waals surface area contributed by atoms with E-state index >= 15 is 0 Å². The molecule has 15 aromatic carbocycles. The molecular formula is C90H55B4N5O4. The molecule has 103 heavy (non-hydrogen) atoms. The van der Waals surface area contributed by atoms with Crippen molar-refractivity contribution in [2.24, 2.45) is 0 Å². The topological polar surface area (TPSA) is 53.1 Å². The second kappa shape index (κ2) is 21.6. The minimum absolute atomic E-state index is 0.194. The van der Waals surface area contributed by atoms with Gasteiger partial charge in [0.25, 0.3) is 26.9 Å². The maximum atomic E-state index is 7.77. The van der Waals surface area contributed by atoms with Gasteiger partial charge in [0.05, 0.1) is 11.4 Å². The normalized spacial score (nSPS) is 13.8. The molecule has 8 heterocycles. The van der Waals surface area contributed by atoms with Crippen LogP contribution in [0.5, 0.6) is 46.0 Å². The second-order valence-electron chi connectivity index (χ2n) is 27.7. The van der Waals surface area contributed by atoms with Gasteiger partial charge < -0.3 is 43.4 Å². The van der Waals surface area contributed by atoms with Crippen molar-refractivity contribution in [1.29, 1.82) is 0 Å². The highest BCUT2D eigenvalue weighted by molar-refractivity contribution is 7.05. The van der Waals surface area contributed by atoms with Gasteiger partial charge >= 0.3 is 0 Å². The van der Waals surface area contributed by atoms with E-state index < -0.39 is 0 Å². The first-order chi connectivity index (χ1) is 51.1. The van der Waals surface area contributed by atoms with E-state index in [1.807, 2.05) is 0 Å². The molecular weight excluding hydrogens is 1260 g/mol. The van der Waals surface area contributed by atoms with Crippen molar-refractivity contribution >= 4 is 178 Å². The monoisotopic (exact) mass is 1310 g/mol. The van der Waals surface area contributed by atoms with Crippen molar-refractivity contribution < 1.29 is 18.9 Å². The molecule has 8 aliphatic rings. The minimum atomic E-state index is -0.223. The van der Waals surface area contributed by atoms with E-state index in [-0.39, 0.29) is 26.9 Å². The lowest BCUT2D eigenvalue weighted by molar-refractivity contribution is 0.466. The quantitative estimate of drug-likeness (QED) is 0.139. The van der Waals surface area contributed by atoms with Crippen molar-refractivity contribution in [1.82, 2.24) is 0 Å². The lowest BCUT2D eigenvalue weighted by atomic mass is 9.28. The van der Waals surface area contributed by atoms with Crippen LogP contribution < -0.4 is 109 Å². The Kier molecular flexibility index (Phi) is 11.9. The summed E-state index contributed by atoms with van der Waals surface area (Å²) in [5.41, 5.74) is 29.4. The molecule has 13 heteroatoms. The predicted molar refractivity (Wildman–Crippen MR) is 425 cm³/mol. The molecule has 0 radical (unpaired) electrons. The van der Waals surface area contributed by atoms with Crippen LogP contribution in [0.15, 0.2) is 334 Å². The van der Waals surface area contributed by atoms with E-state index in [1.54, 1.807) is 0 Å². The Labute approximate surface area is 597 Å². The van der Waals surface area contributed by atoms with Gasteiger partial charge in [0.15, 0.2) is 0 Å². The fourth-order valence-electron chi connectivity index (χ4n) is 18.3. The summed E-state index contributed by atoms with van der Waals surface area (Å²) in [4.78, 5) is 12.1. The van der Waals surface area contributed by atoms with E-state index in [9.17, 15) is 0 Å². The largest absolute Gasteiger partial charge is 0.458 e. The third kappa shape index (κ3) is 8.12. The Hall–Kier alpha value is -13.2. The van der Waals surface area contributed by atoms with Gasteiger partial charge in [-0.1, -0.05) is 194 Å². The minimum Gasteiger partial charge on any atom is -0.458 e. The van der Waals surface area contributed by atoms with Crippen LogP contribution in [0.25, 0.3) is 0 Å². The summed E-state index contributed by atoms with van der Waals surface area (Å²) in [5.74, 6) is 6.47. The van der Waals surface area contributed by atoms with Crippen molar-refractivity contribution in [3.05, 3.63) is 334 Å². The summed E-state index contributed by atoms with van der Waals surface area (Å²) in [6.07, 6.45) is 0. The molecule has 476 valence electrons. The molecule has 0 saturated heterocycles. The van der Waals surface area contributed by atoms with Crippen LogP contribution >= 0.6 is 0 Å². The zero-order chi connectivity index (χ0) is 67.1. The number of para-hydroxylation sites is 10. The molecule has 0 unspecified atom stereocenters. The maximum Gasteiger partial charge on any atom is 0.256 e. The third-order valence-electron chi connectivity index (χ3n) is 22.3. The number of nitrogens with zero attached hydrogens (tertiary/aromatic N) is 5. The van der Waals surface area contributed by atoms with Gasteiger partial charge in [-0.25, -0.2) is 0 Å². The molecule has 0 amide bonds. The van der Waals surface area contributed by atoms with Crippen LogP contribution in [0, 0.1) is 0 Å². The van der Waals surface area contributed by atoms with E-state index in [2.05, 4.69) is 358 Å². The molecule has 0 aliphatic carbocycles. The number of anilines is 15. The molecule has 8 aliphatic heterocycles. The summed E-state index contributed by atoms with van der Waals surface area (Å²) in [5, 5.41) is 0. The summed E-state index contributed by atoms with van der Waals surface area (Å²) in [6, 6.07) is 121. The van der Waals surface area contributed by atoms with Gasteiger partial charge in [-0.2, -0.15) is 0 Å². The van der Waals surface area contributed by atoms with Crippen LogP contribution in [0.4, 0.5) is 85.3 Å². The highest BCUT2D eigenvalue weighted by atomic mass is 16.5. The fraction of sp³-hybridized carbons (Fsp3) is 0. The van der Waals surface area contributed by atoms with Gasteiger partial charge in [0.1, 0.15) is 46.0 Å². The smallest absolute Gasteiger partial charge is 0.256 e. The first-order valence-corrected chi connectivity index (χ1v) is 35.4. The lowest BCUT2D eigenvalue weighted by Gasteiger charge is -2.48. The van der Waals surface area contributed by atoms with E-state index in [4.69, 9.17) is 18.9 Å². The van der Waals surface area contributed by atoms with E-state index in [1.165, 1.54) is 21.9 Å². The Morgan fingerprint density at radius 3 is 0.913 bits per heavy atom. The lowest BCUT2D eigenvalue weighted by Crippen LogP contribution is -2.68. The van der Waals surface area contributed by atoms with Gasteiger partial charge in [-0.05, 0) is 175 Å². The Balaban J connectivity index is 0.739. The van der Waals surface area contributed by atoms with Crippen molar-refractivity contribution in [2.45, 2.75) is 0 Å². The van der Waals surface area contributed by atoms with Gasteiger partial charge in [0.2, 0.25) is 0 Å². The third-order valence-corrected chi connectivity index (χ3v) is 22.3. The molecule has 0 saturated carbocycles. The first-order valence-electron chi connectivity index (χ1n) is 35.4. The van der Waals surface area contributed by atoms with Crippen LogP contribution in [0.3, 0.4) is 0 Å². The molecule has 0 N–H and O–H groups in total.